The molecular formula is C20H21Cl2N3O3. The van der Waals surface area contributed by atoms with Crippen LogP contribution < -0.4 is 0 Å². The van der Waals surface area contributed by atoms with E-state index in [9.17, 15) is 14.9 Å². The first kappa shape index (κ1) is 21.9. The maximum absolute atomic E-state index is 12.6. The van der Waals surface area contributed by atoms with Crippen molar-refractivity contribution in [1.29, 1.82) is 0 Å². The first-order valence-electron chi connectivity index (χ1n) is 8.72. The van der Waals surface area contributed by atoms with Crippen molar-refractivity contribution >= 4 is 41.7 Å². The van der Waals surface area contributed by atoms with Crippen LogP contribution >= 0.6 is 24.0 Å². The molecule has 0 radical (unpaired) electrons. The third-order valence-corrected chi connectivity index (χ3v) is 4.84. The molecule has 0 saturated carbocycles. The second-order valence-electron chi connectivity index (χ2n) is 6.33. The van der Waals surface area contributed by atoms with Crippen molar-refractivity contribution < 1.29 is 9.72 Å². The summed E-state index contributed by atoms with van der Waals surface area (Å²) in [6.45, 7) is 3.54. The number of nitrogens with zero attached hydrogens (tertiary/aromatic N) is 3. The molecule has 28 heavy (non-hydrogen) atoms. The van der Waals surface area contributed by atoms with Crippen LogP contribution in [-0.2, 0) is 0 Å². The minimum absolute atomic E-state index is 0. The summed E-state index contributed by atoms with van der Waals surface area (Å²) in [4.78, 5) is 27.0. The Balaban J connectivity index is 0.00000280. The number of piperazine rings is 1. The van der Waals surface area contributed by atoms with E-state index in [4.69, 9.17) is 11.6 Å². The summed E-state index contributed by atoms with van der Waals surface area (Å²) in [5.74, 6) is -0.200. The van der Waals surface area contributed by atoms with Crippen LogP contribution in [-0.4, -0.2) is 53.4 Å². The average Bonchev–Trinajstić information content (AvgIpc) is 2.69. The van der Waals surface area contributed by atoms with Crippen molar-refractivity contribution in [3.8, 4) is 0 Å². The lowest BCUT2D eigenvalue weighted by molar-refractivity contribution is -0.384. The molecule has 1 fully saturated rings. The van der Waals surface area contributed by atoms with Gasteiger partial charge in [0.25, 0.3) is 11.6 Å². The number of hydrogen-bond donors (Lipinski definition) is 0. The summed E-state index contributed by atoms with van der Waals surface area (Å²) < 4.78 is 0. The first-order chi connectivity index (χ1) is 13.0. The van der Waals surface area contributed by atoms with E-state index in [1.807, 2.05) is 18.2 Å². The molecule has 2 aromatic rings. The van der Waals surface area contributed by atoms with E-state index in [1.165, 1.54) is 18.2 Å². The number of amides is 1. The zero-order valence-electron chi connectivity index (χ0n) is 15.2. The number of nitro groups is 1. The maximum atomic E-state index is 12.6. The fourth-order valence-electron chi connectivity index (χ4n) is 3.00. The number of halogens is 2. The minimum atomic E-state index is -0.573. The molecule has 0 bridgehead atoms. The van der Waals surface area contributed by atoms with Crippen LogP contribution in [0.4, 0.5) is 5.69 Å². The highest BCUT2D eigenvalue weighted by Crippen LogP contribution is 2.25. The lowest BCUT2D eigenvalue weighted by Gasteiger charge is -2.34. The van der Waals surface area contributed by atoms with Gasteiger partial charge >= 0.3 is 0 Å². The molecule has 0 N–H and O–H groups in total. The minimum Gasteiger partial charge on any atom is -0.336 e. The molecule has 0 atom stereocenters. The van der Waals surface area contributed by atoms with Gasteiger partial charge in [0.1, 0.15) is 5.02 Å². The van der Waals surface area contributed by atoms with Crippen LogP contribution in [0.15, 0.2) is 54.6 Å². The SMILES string of the molecule is Cl.O=C(c1ccc(Cl)c([N+](=O)[O-])c1)N1CCN(C/C=C/c2ccccc2)CC1. The van der Waals surface area contributed by atoms with Gasteiger partial charge in [-0.15, -0.1) is 12.4 Å². The molecule has 1 saturated heterocycles. The number of carbonyl (C=O) groups is 1. The summed E-state index contributed by atoms with van der Waals surface area (Å²) in [7, 11) is 0. The third-order valence-electron chi connectivity index (χ3n) is 4.52. The maximum Gasteiger partial charge on any atom is 0.288 e. The molecule has 8 heteroatoms. The summed E-state index contributed by atoms with van der Waals surface area (Å²) >= 11 is 5.81. The van der Waals surface area contributed by atoms with E-state index in [2.05, 4.69) is 29.2 Å². The quantitative estimate of drug-likeness (QED) is 0.537. The van der Waals surface area contributed by atoms with Gasteiger partial charge in [0, 0.05) is 44.4 Å². The first-order valence-corrected chi connectivity index (χ1v) is 9.09. The zero-order valence-corrected chi connectivity index (χ0v) is 16.7. The number of nitro benzene ring substituents is 1. The molecule has 1 amide bonds. The van der Waals surface area contributed by atoms with Crippen LogP contribution in [0.3, 0.4) is 0 Å². The molecule has 0 aromatic heterocycles. The highest BCUT2D eigenvalue weighted by atomic mass is 35.5. The van der Waals surface area contributed by atoms with Crippen molar-refractivity contribution in [2.45, 2.75) is 0 Å². The van der Waals surface area contributed by atoms with Gasteiger partial charge < -0.3 is 4.90 Å². The Bertz CT molecular complexity index is 851. The van der Waals surface area contributed by atoms with Crippen molar-refractivity contribution in [2.75, 3.05) is 32.7 Å². The number of benzene rings is 2. The molecule has 1 aliphatic rings. The average molecular weight is 422 g/mol. The van der Waals surface area contributed by atoms with Crippen LogP contribution in [0.5, 0.6) is 0 Å². The van der Waals surface area contributed by atoms with E-state index in [1.54, 1.807) is 4.90 Å². The van der Waals surface area contributed by atoms with Gasteiger partial charge in [0.15, 0.2) is 0 Å². The Morgan fingerprint density at radius 1 is 1.11 bits per heavy atom. The van der Waals surface area contributed by atoms with Crippen LogP contribution in [0.2, 0.25) is 5.02 Å². The standard InChI is InChI=1S/C20H20ClN3O3.ClH/c21-18-9-8-17(15-19(18)24(26)27)20(25)23-13-11-22(12-14-23)10-4-7-16-5-2-1-3-6-16;/h1-9,15H,10-14H2;1H/b7-4+;. The molecule has 1 heterocycles. The van der Waals surface area contributed by atoms with Crippen molar-refractivity contribution in [1.82, 2.24) is 9.80 Å². The normalized spacial score (nSPS) is 14.7. The van der Waals surface area contributed by atoms with E-state index < -0.39 is 4.92 Å². The third kappa shape index (κ3) is 5.55. The molecule has 0 unspecified atom stereocenters. The number of hydrogen-bond acceptors (Lipinski definition) is 4. The van der Waals surface area contributed by atoms with Crippen molar-refractivity contribution in [3.05, 3.63) is 80.9 Å². The van der Waals surface area contributed by atoms with Crippen LogP contribution in [0.25, 0.3) is 6.08 Å². The molecular weight excluding hydrogens is 401 g/mol. The van der Waals surface area contributed by atoms with Gasteiger partial charge in [0.05, 0.1) is 4.92 Å². The lowest BCUT2D eigenvalue weighted by Crippen LogP contribution is -2.48. The number of rotatable bonds is 5. The Kier molecular flexibility index (Phi) is 7.99. The predicted octanol–water partition coefficient (Wildman–Crippen LogP) is 4.14. The Morgan fingerprint density at radius 2 is 1.79 bits per heavy atom. The largest absolute Gasteiger partial charge is 0.336 e. The molecule has 0 spiro atoms. The van der Waals surface area contributed by atoms with Gasteiger partial charge in [-0.25, -0.2) is 0 Å². The van der Waals surface area contributed by atoms with Crippen molar-refractivity contribution in [3.63, 3.8) is 0 Å². The van der Waals surface area contributed by atoms with Gasteiger partial charge in [-0.2, -0.15) is 0 Å². The Labute approximate surface area is 175 Å². The molecule has 1 aliphatic heterocycles. The van der Waals surface area contributed by atoms with E-state index in [0.29, 0.717) is 18.7 Å². The van der Waals surface area contributed by atoms with Crippen LogP contribution in [0, 0.1) is 10.1 Å². The Hall–Kier alpha value is -2.41. The second-order valence-corrected chi connectivity index (χ2v) is 6.74. The summed E-state index contributed by atoms with van der Waals surface area (Å²) in [5, 5.41) is 11.0. The van der Waals surface area contributed by atoms with Gasteiger partial charge in [-0.05, 0) is 17.7 Å². The monoisotopic (exact) mass is 421 g/mol. The summed E-state index contributed by atoms with van der Waals surface area (Å²) in [5.41, 5.74) is 1.21. The zero-order chi connectivity index (χ0) is 19.2. The fourth-order valence-corrected chi connectivity index (χ4v) is 3.19. The van der Waals surface area contributed by atoms with Gasteiger partial charge in [0.2, 0.25) is 0 Å². The second kappa shape index (κ2) is 10.2. The van der Waals surface area contributed by atoms with Gasteiger partial charge in [-0.1, -0.05) is 54.1 Å². The van der Waals surface area contributed by atoms with E-state index in [0.717, 1.165) is 25.2 Å². The molecule has 148 valence electrons. The predicted molar refractivity (Wildman–Crippen MR) is 113 cm³/mol. The highest BCUT2D eigenvalue weighted by molar-refractivity contribution is 6.32. The highest BCUT2D eigenvalue weighted by Gasteiger charge is 2.23. The van der Waals surface area contributed by atoms with E-state index >= 15 is 0 Å². The lowest BCUT2D eigenvalue weighted by atomic mass is 10.1. The molecule has 6 nitrogen and oxygen atoms in total. The molecule has 3 rings (SSSR count). The molecule has 2 aromatic carbocycles. The summed E-state index contributed by atoms with van der Waals surface area (Å²) in [6, 6.07) is 14.3. The smallest absolute Gasteiger partial charge is 0.288 e. The Morgan fingerprint density at radius 3 is 2.43 bits per heavy atom. The fraction of sp³-hybridized carbons (Fsp3) is 0.250. The van der Waals surface area contributed by atoms with E-state index in [-0.39, 0.29) is 29.0 Å². The van der Waals surface area contributed by atoms with Crippen molar-refractivity contribution in [2.24, 2.45) is 0 Å². The topological polar surface area (TPSA) is 66.7 Å². The summed E-state index contributed by atoms with van der Waals surface area (Å²) in [6.07, 6.45) is 4.21. The number of carbonyl (C=O) groups excluding carboxylic acids is 1. The van der Waals surface area contributed by atoms with Gasteiger partial charge in [-0.3, -0.25) is 19.8 Å². The van der Waals surface area contributed by atoms with Crippen LogP contribution in [0.1, 0.15) is 15.9 Å². The molecule has 0 aliphatic carbocycles.